The first-order chi connectivity index (χ1) is 4.83. The largest absolute Gasteiger partial charge is 0.0853 e. The van der Waals surface area contributed by atoms with Gasteiger partial charge in [0.25, 0.3) is 0 Å². The van der Waals surface area contributed by atoms with Crippen LogP contribution in [-0.2, 0) is 0 Å². The van der Waals surface area contributed by atoms with Gasteiger partial charge in [-0.2, -0.15) is 0 Å². The molecular formula is C10H18. The first kappa shape index (κ1) is 7.84. The molecule has 0 spiro atoms. The van der Waals surface area contributed by atoms with Gasteiger partial charge in [-0.15, -0.1) is 0 Å². The van der Waals surface area contributed by atoms with Gasteiger partial charge < -0.3 is 0 Å². The molecule has 0 aromatic heterocycles. The molecule has 1 rings (SSSR count). The van der Waals surface area contributed by atoms with E-state index in [0.717, 1.165) is 5.92 Å². The van der Waals surface area contributed by atoms with Crippen LogP contribution >= 0.6 is 0 Å². The van der Waals surface area contributed by atoms with E-state index in [1.807, 2.05) is 0 Å². The highest BCUT2D eigenvalue weighted by Gasteiger charge is 2.09. The average Bonchev–Trinajstić information content (AvgIpc) is 1.88. The quantitative estimate of drug-likeness (QED) is 0.512. The lowest BCUT2D eigenvalue weighted by atomic mass is 9.88. The Morgan fingerprint density at radius 2 is 2.40 bits per heavy atom. The fourth-order valence-corrected chi connectivity index (χ4v) is 1.73. The molecule has 0 heterocycles. The van der Waals surface area contributed by atoms with Gasteiger partial charge in [-0.1, -0.05) is 31.9 Å². The molecule has 0 aliphatic heterocycles. The van der Waals surface area contributed by atoms with Crippen LogP contribution in [0.1, 0.15) is 46.0 Å². The zero-order valence-corrected chi connectivity index (χ0v) is 7.19. The van der Waals surface area contributed by atoms with Crippen LogP contribution in [0.4, 0.5) is 0 Å². The van der Waals surface area contributed by atoms with E-state index in [2.05, 4.69) is 19.9 Å². The Labute approximate surface area is 64.3 Å². The number of hydrogen-bond donors (Lipinski definition) is 0. The first-order valence-electron chi connectivity index (χ1n) is 4.50. The van der Waals surface area contributed by atoms with Crippen LogP contribution in [0.3, 0.4) is 0 Å². The molecule has 10 heavy (non-hydrogen) atoms. The van der Waals surface area contributed by atoms with Gasteiger partial charge in [0.2, 0.25) is 0 Å². The van der Waals surface area contributed by atoms with E-state index < -0.39 is 0 Å². The molecule has 1 unspecified atom stereocenters. The van der Waals surface area contributed by atoms with E-state index in [4.69, 9.17) is 0 Å². The van der Waals surface area contributed by atoms with Crippen molar-refractivity contribution in [1.29, 1.82) is 0 Å². The summed E-state index contributed by atoms with van der Waals surface area (Å²) < 4.78 is 0. The molecule has 0 nitrogen and oxygen atoms in total. The predicted molar refractivity (Wildman–Crippen MR) is 46.0 cm³/mol. The molecule has 0 aromatic rings. The van der Waals surface area contributed by atoms with Gasteiger partial charge >= 0.3 is 0 Å². The van der Waals surface area contributed by atoms with Gasteiger partial charge in [0.15, 0.2) is 0 Å². The van der Waals surface area contributed by atoms with Crippen molar-refractivity contribution in [3.63, 3.8) is 0 Å². The maximum Gasteiger partial charge on any atom is -0.0294 e. The van der Waals surface area contributed by atoms with Crippen molar-refractivity contribution in [1.82, 2.24) is 0 Å². The molecule has 0 radical (unpaired) electrons. The van der Waals surface area contributed by atoms with E-state index in [9.17, 15) is 0 Å². The summed E-state index contributed by atoms with van der Waals surface area (Å²) in [6, 6.07) is 0. The van der Waals surface area contributed by atoms with E-state index in [1.54, 1.807) is 5.57 Å². The SMILES string of the molecule is CCCC1=CCCC(C)C1. The fourth-order valence-electron chi connectivity index (χ4n) is 1.73. The van der Waals surface area contributed by atoms with Gasteiger partial charge in [-0.3, -0.25) is 0 Å². The van der Waals surface area contributed by atoms with Gasteiger partial charge in [0.05, 0.1) is 0 Å². The van der Waals surface area contributed by atoms with E-state index in [0.29, 0.717) is 0 Å². The maximum absolute atomic E-state index is 2.45. The Kier molecular flexibility index (Phi) is 2.98. The Balaban J connectivity index is 2.36. The molecule has 0 saturated carbocycles. The summed E-state index contributed by atoms with van der Waals surface area (Å²) in [6.07, 6.45) is 9.21. The van der Waals surface area contributed by atoms with Crippen LogP contribution in [0, 0.1) is 5.92 Å². The number of hydrogen-bond acceptors (Lipinski definition) is 0. The second-order valence-corrected chi connectivity index (χ2v) is 3.50. The second-order valence-electron chi connectivity index (χ2n) is 3.50. The van der Waals surface area contributed by atoms with Crippen LogP contribution in [0.2, 0.25) is 0 Å². The molecule has 0 saturated heterocycles. The third-order valence-corrected chi connectivity index (χ3v) is 2.27. The molecule has 58 valence electrons. The Bertz CT molecular complexity index is 122. The average molecular weight is 138 g/mol. The van der Waals surface area contributed by atoms with Crippen molar-refractivity contribution >= 4 is 0 Å². The molecule has 0 amide bonds. The van der Waals surface area contributed by atoms with Crippen molar-refractivity contribution in [3.8, 4) is 0 Å². The maximum atomic E-state index is 2.45. The lowest BCUT2D eigenvalue weighted by Crippen LogP contribution is -2.01. The highest BCUT2D eigenvalue weighted by atomic mass is 14.1. The minimum absolute atomic E-state index is 0.951. The van der Waals surface area contributed by atoms with Crippen molar-refractivity contribution in [2.24, 2.45) is 5.92 Å². The van der Waals surface area contributed by atoms with E-state index in [-0.39, 0.29) is 0 Å². The van der Waals surface area contributed by atoms with E-state index in [1.165, 1.54) is 32.1 Å². The minimum Gasteiger partial charge on any atom is -0.0853 e. The molecule has 1 aliphatic rings. The zero-order chi connectivity index (χ0) is 7.40. The predicted octanol–water partition coefficient (Wildman–Crippen LogP) is 3.53. The van der Waals surface area contributed by atoms with E-state index >= 15 is 0 Å². The summed E-state index contributed by atoms with van der Waals surface area (Å²) in [6.45, 7) is 4.63. The lowest BCUT2D eigenvalue weighted by Gasteiger charge is -2.18. The lowest BCUT2D eigenvalue weighted by molar-refractivity contribution is 0.498. The molecule has 1 atom stereocenters. The Morgan fingerprint density at radius 3 is 3.00 bits per heavy atom. The minimum atomic E-state index is 0.951. The zero-order valence-electron chi connectivity index (χ0n) is 7.19. The van der Waals surface area contributed by atoms with Crippen LogP contribution in [-0.4, -0.2) is 0 Å². The highest BCUT2D eigenvalue weighted by Crippen LogP contribution is 2.25. The molecular weight excluding hydrogens is 120 g/mol. The monoisotopic (exact) mass is 138 g/mol. The van der Waals surface area contributed by atoms with Crippen LogP contribution in [0.25, 0.3) is 0 Å². The van der Waals surface area contributed by atoms with Crippen LogP contribution in [0.15, 0.2) is 11.6 Å². The van der Waals surface area contributed by atoms with Gasteiger partial charge in [0.1, 0.15) is 0 Å². The topological polar surface area (TPSA) is 0 Å². The summed E-state index contributed by atoms with van der Waals surface area (Å²) in [5.74, 6) is 0.951. The molecule has 0 aromatic carbocycles. The fraction of sp³-hybridized carbons (Fsp3) is 0.800. The van der Waals surface area contributed by atoms with Crippen molar-refractivity contribution in [2.75, 3.05) is 0 Å². The Hall–Kier alpha value is -0.260. The third-order valence-electron chi connectivity index (χ3n) is 2.27. The smallest absolute Gasteiger partial charge is 0.0294 e. The standard InChI is InChI=1S/C10H18/c1-3-5-10-7-4-6-9(2)8-10/h7,9H,3-6,8H2,1-2H3. The highest BCUT2D eigenvalue weighted by molar-refractivity contribution is 5.05. The summed E-state index contributed by atoms with van der Waals surface area (Å²) in [5.41, 5.74) is 1.71. The molecule has 0 N–H and O–H groups in total. The van der Waals surface area contributed by atoms with Gasteiger partial charge in [0, 0.05) is 0 Å². The first-order valence-corrected chi connectivity index (χ1v) is 4.50. The van der Waals surface area contributed by atoms with Crippen molar-refractivity contribution in [2.45, 2.75) is 46.0 Å². The normalized spacial score (nSPS) is 26.2. The molecule has 0 fully saturated rings. The summed E-state index contributed by atoms with van der Waals surface area (Å²) in [4.78, 5) is 0. The van der Waals surface area contributed by atoms with Crippen LogP contribution in [0.5, 0.6) is 0 Å². The van der Waals surface area contributed by atoms with Crippen LogP contribution < -0.4 is 0 Å². The van der Waals surface area contributed by atoms with Crippen molar-refractivity contribution in [3.05, 3.63) is 11.6 Å². The molecule has 0 bridgehead atoms. The summed E-state index contributed by atoms with van der Waals surface area (Å²) >= 11 is 0. The molecule has 1 aliphatic carbocycles. The molecule has 0 heteroatoms. The van der Waals surface area contributed by atoms with Crippen molar-refractivity contribution < 1.29 is 0 Å². The summed E-state index contributed by atoms with van der Waals surface area (Å²) in [7, 11) is 0. The Morgan fingerprint density at radius 1 is 1.60 bits per heavy atom. The number of rotatable bonds is 2. The third kappa shape index (κ3) is 2.17. The summed E-state index contributed by atoms with van der Waals surface area (Å²) in [5, 5.41) is 0. The van der Waals surface area contributed by atoms with Gasteiger partial charge in [-0.05, 0) is 31.6 Å². The number of allylic oxidation sites excluding steroid dienone is 2. The van der Waals surface area contributed by atoms with Gasteiger partial charge in [-0.25, -0.2) is 0 Å². The second kappa shape index (κ2) is 3.80.